The molecule has 2 aromatic heterocycles. The first-order valence-electron chi connectivity index (χ1n) is 20.0. The SMILES string of the molecule is CC(/C(C=NCC1CCCCO1)=N/NC1CCOC(Cn2cc(C(C)c3cncc(C#CC4CC4)c3)nn2)C1)c1cccc(C#CCN2CC(C)(C)C2)c1. The van der Waals surface area contributed by atoms with E-state index < -0.39 is 0 Å². The molecule has 284 valence electrons. The zero-order valence-corrected chi connectivity index (χ0v) is 32.5. The molecule has 10 nitrogen and oxygen atoms in total. The Labute approximate surface area is 321 Å². The lowest BCUT2D eigenvalue weighted by atomic mass is 9.84. The van der Waals surface area contributed by atoms with Gasteiger partial charge in [0.1, 0.15) is 0 Å². The van der Waals surface area contributed by atoms with Crippen LogP contribution >= 0.6 is 0 Å². The Morgan fingerprint density at radius 2 is 1.85 bits per heavy atom. The van der Waals surface area contributed by atoms with Crippen LogP contribution in [-0.2, 0) is 16.0 Å². The molecule has 3 saturated heterocycles. The Hall–Kier alpha value is -4.35. The molecule has 0 bridgehead atoms. The first kappa shape index (κ1) is 37.9. The van der Waals surface area contributed by atoms with Gasteiger partial charge in [-0.05, 0) is 79.7 Å². The van der Waals surface area contributed by atoms with E-state index in [4.69, 9.17) is 19.6 Å². The van der Waals surface area contributed by atoms with Crippen LogP contribution in [0.15, 0.2) is 59.0 Å². The number of hydrazone groups is 1. The van der Waals surface area contributed by atoms with Crippen molar-refractivity contribution in [2.24, 2.45) is 21.4 Å². The van der Waals surface area contributed by atoms with Crippen LogP contribution < -0.4 is 5.43 Å². The highest BCUT2D eigenvalue weighted by Gasteiger charge is 2.33. The summed E-state index contributed by atoms with van der Waals surface area (Å²) in [6.07, 6.45) is 15.4. The van der Waals surface area contributed by atoms with Gasteiger partial charge in [-0.2, -0.15) is 5.10 Å². The first-order valence-corrected chi connectivity index (χ1v) is 20.0. The average molecular weight is 729 g/mol. The largest absolute Gasteiger partial charge is 0.376 e. The molecule has 1 aliphatic carbocycles. The van der Waals surface area contributed by atoms with Gasteiger partial charge in [-0.25, -0.2) is 4.68 Å². The molecule has 0 spiro atoms. The third kappa shape index (κ3) is 10.9. The van der Waals surface area contributed by atoms with Crippen LogP contribution in [0.3, 0.4) is 0 Å². The van der Waals surface area contributed by atoms with Crippen LogP contribution in [0.5, 0.6) is 0 Å². The number of aromatic nitrogens is 4. The van der Waals surface area contributed by atoms with Gasteiger partial charge in [0.05, 0.1) is 43.2 Å². The van der Waals surface area contributed by atoms with Gasteiger partial charge in [-0.1, -0.05) is 68.7 Å². The van der Waals surface area contributed by atoms with Gasteiger partial charge in [-0.15, -0.1) is 5.10 Å². The molecule has 5 unspecified atom stereocenters. The average Bonchev–Trinajstić information content (AvgIpc) is 3.90. The summed E-state index contributed by atoms with van der Waals surface area (Å²) in [5.74, 6) is 14.0. The smallest absolute Gasteiger partial charge is 0.0899 e. The molecule has 5 heterocycles. The number of pyridine rings is 1. The zero-order chi connectivity index (χ0) is 37.3. The summed E-state index contributed by atoms with van der Waals surface area (Å²) in [4.78, 5) is 11.7. The molecule has 5 atom stereocenters. The topological polar surface area (TPSA) is 102 Å². The summed E-state index contributed by atoms with van der Waals surface area (Å²) in [6, 6.07) is 10.8. The lowest BCUT2D eigenvalue weighted by Crippen LogP contribution is -2.52. The fourth-order valence-corrected chi connectivity index (χ4v) is 7.49. The predicted molar refractivity (Wildman–Crippen MR) is 214 cm³/mol. The van der Waals surface area contributed by atoms with Gasteiger partial charge >= 0.3 is 0 Å². The van der Waals surface area contributed by atoms with E-state index in [1.165, 1.54) is 24.8 Å². The molecule has 4 aliphatic rings. The Morgan fingerprint density at radius 1 is 1.00 bits per heavy atom. The number of ether oxygens (including phenoxy) is 2. The molecule has 0 amide bonds. The minimum atomic E-state index is -0.00502. The number of hydrogen-bond donors (Lipinski definition) is 1. The fraction of sp³-hybridized carbons (Fsp3) is 0.568. The quantitative estimate of drug-likeness (QED) is 0.134. The number of rotatable bonds is 12. The highest BCUT2D eigenvalue weighted by atomic mass is 16.5. The summed E-state index contributed by atoms with van der Waals surface area (Å²) >= 11 is 0. The van der Waals surface area contributed by atoms with Crippen LogP contribution in [0.1, 0.15) is 112 Å². The molecular formula is C44H56N8O2. The minimum absolute atomic E-state index is 0.00502. The second-order valence-corrected chi connectivity index (χ2v) is 16.5. The summed E-state index contributed by atoms with van der Waals surface area (Å²) < 4.78 is 14.1. The molecule has 1 aromatic carbocycles. The number of aliphatic imine (C=N–C) groups is 1. The monoisotopic (exact) mass is 728 g/mol. The maximum Gasteiger partial charge on any atom is 0.0899 e. The molecule has 0 radical (unpaired) electrons. The normalized spacial score (nSPS) is 24.1. The predicted octanol–water partition coefficient (Wildman–Crippen LogP) is 6.22. The van der Waals surface area contributed by atoms with E-state index >= 15 is 0 Å². The number of likely N-dealkylation sites (tertiary alicyclic amines) is 1. The third-order valence-electron chi connectivity index (χ3n) is 10.9. The molecule has 1 saturated carbocycles. The van der Waals surface area contributed by atoms with E-state index in [1.54, 1.807) is 0 Å². The van der Waals surface area contributed by atoms with Gasteiger partial charge in [0.15, 0.2) is 0 Å². The highest BCUT2D eigenvalue weighted by molar-refractivity contribution is 6.33. The van der Waals surface area contributed by atoms with Gasteiger partial charge in [0, 0.05) is 86.0 Å². The highest BCUT2D eigenvalue weighted by Crippen LogP contribution is 2.29. The van der Waals surface area contributed by atoms with Crippen molar-refractivity contribution in [2.75, 3.05) is 39.4 Å². The van der Waals surface area contributed by atoms with Gasteiger partial charge < -0.3 is 14.9 Å². The van der Waals surface area contributed by atoms with Gasteiger partial charge in [-0.3, -0.25) is 14.9 Å². The Morgan fingerprint density at radius 3 is 2.67 bits per heavy atom. The lowest BCUT2D eigenvalue weighted by Gasteiger charge is -2.44. The van der Waals surface area contributed by atoms with E-state index in [0.29, 0.717) is 31.0 Å². The van der Waals surface area contributed by atoms with Crippen LogP contribution in [0.4, 0.5) is 0 Å². The zero-order valence-electron chi connectivity index (χ0n) is 32.5. The van der Waals surface area contributed by atoms with Crippen LogP contribution in [-0.4, -0.2) is 94.4 Å². The molecular weight excluding hydrogens is 673 g/mol. The van der Waals surface area contributed by atoms with Gasteiger partial charge in [0.2, 0.25) is 0 Å². The van der Waals surface area contributed by atoms with Crippen molar-refractivity contribution in [2.45, 2.75) is 109 Å². The van der Waals surface area contributed by atoms with E-state index in [-0.39, 0.29) is 30.1 Å². The Bertz CT molecular complexity index is 1890. The maximum atomic E-state index is 6.21. The van der Waals surface area contributed by atoms with Crippen molar-refractivity contribution in [3.63, 3.8) is 0 Å². The van der Waals surface area contributed by atoms with E-state index in [1.807, 2.05) is 29.5 Å². The molecule has 10 heteroatoms. The summed E-state index contributed by atoms with van der Waals surface area (Å²) in [6.45, 7) is 14.7. The van der Waals surface area contributed by atoms with Crippen molar-refractivity contribution in [1.82, 2.24) is 30.3 Å². The molecule has 1 N–H and O–H groups in total. The summed E-state index contributed by atoms with van der Waals surface area (Å²) in [7, 11) is 0. The van der Waals surface area contributed by atoms with Crippen LogP contribution in [0, 0.1) is 35.0 Å². The number of benzene rings is 1. The van der Waals surface area contributed by atoms with Crippen molar-refractivity contribution < 1.29 is 9.47 Å². The Kier molecular flexibility index (Phi) is 12.5. The van der Waals surface area contributed by atoms with Crippen LogP contribution in [0.25, 0.3) is 0 Å². The van der Waals surface area contributed by atoms with Crippen LogP contribution in [0.2, 0.25) is 0 Å². The second kappa shape index (κ2) is 17.9. The minimum Gasteiger partial charge on any atom is -0.376 e. The number of nitrogens with zero attached hydrogens (tertiary/aromatic N) is 7. The molecule has 54 heavy (non-hydrogen) atoms. The van der Waals surface area contributed by atoms with Crippen molar-refractivity contribution in [3.05, 3.63) is 76.9 Å². The fourth-order valence-electron chi connectivity index (χ4n) is 7.49. The van der Waals surface area contributed by atoms with E-state index in [9.17, 15) is 0 Å². The van der Waals surface area contributed by atoms with Crippen molar-refractivity contribution >= 4 is 11.9 Å². The number of nitrogens with one attached hydrogen (secondary N) is 1. The number of hydrogen-bond acceptors (Lipinski definition) is 9. The van der Waals surface area contributed by atoms with Crippen molar-refractivity contribution in [3.8, 4) is 23.7 Å². The molecule has 3 aromatic rings. The standard InChI is InChI=1S/C44H56N8O2/c1-32(37-11-7-9-35(21-37)10-8-18-51-30-44(3,4)31-51)42(27-46-26-40-12-5-6-19-53-40)48-47-39-17-20-54-41(23-39)28-52-29-43(49-50-52)33(2)38-22-36(24-45-25-38)16-15-34-13-14-34/h7,9,11,21-22,24-25,27,29,32-34,39-41,47H,5-6,12-14,17-20,23,26,28,30-31H2,1-4H3/b46-27?,48-42+. The maximum absolute atomic E-state index is 6.21. The lowest BCUT2D eigenvalue weighted by molar-refractivity contribution is -0.00962. The van der Waals surface area contributed by atoms with Crippen molar-refractivity contribution in [1.29, 1.82) is 0 Å². The van der Waals surface area contributed by atoms with Gasteiger partial charge in [0.25, 0.3) is 0 Å². The molecule has 7 rings (SSSR count). The van der Waals surface area contributed by atoms with E-state index in [2.05, 4.69) is 107 Å². The first-order chi connectivity index (χ1) is 26.3. The summed E-state index contributed by atoms with van der Waals surface area (Å²) in [5.41, 5.74) is 9.98. The molecule has 3 aliphatic heterocycles. The molecule has 4 fully saturated rings. The second-order valence-electron chi connectivity index (χ2n) is 16.5. The summed E-state index contributed by atoms with van der Waals surface area (Å²) in [5, 5.41) is 14.0. The third-order valence-corrected chi connectivity index (χ3v) is 10.9. The Balaban J connectivity index is 0.979. The van der Waals surface area contributed by atoms with E-state index in [0.717, 1.165) is 80.0 Å².